The number of rotatable bonds is 7. The van der Waals surface area contributed by atoms with E-state index in [1.807, 2.05) is 18.2 Å². The van der Waals surface area contributed by atoms with Gasteiger partial charge < -0.3 is 14.0 Å². The minimum atomic E-state index is -0.401. The maximum atomic E-state index is 12.3. The molecule has 0 spiro atoms. The summed E-state index contributed by atoms with van der Waals surface area (Å²) in [4.78, 5) is 35.2. The predicted molar refractivity (Wildman–Crippen MR) is 122 cm³/mol. The van der Waals surface area contributed by atoms with Gasteiger partial charge in [0.1, 0.15) is 11.5 Å². The van der Waals surface area contributed by atoms with Crippen LogP contribution < -0.4 is 9.47 Å². The quantitative estimate of drug-likeness (QED) is 0.208. The molecule has 0 radical (unpaired) electrons. The summed E-state index contributed by atoms with van der Waals surface area (Å²) in [5.41, 5.74) is 4.42. The van der Waals surface area contributed by atoms with Crippen molar-refractivity contribution >= 4 is 29.1 Å². The van der Waals surface area contributed by atoms with E-state index in [2.05, 4.69) is 11.5 Å². The Bertz CT molecular complexity index is 1210. The van der Waals surface area contributed by atoms with E-state index >= 15 is 0 Å². The van der Waals surface area contributed by atoms with Crippen molar-refractivity contribution in [3.05, 3.63) is 47.5 Å². The number of aromatic nitrogens is 1. The van der Waals surface area contributed by atoms with Gasteiger partial charge in [-0.2, -0.15) is 0 Å². The van der Waals surface area contributed by atoms with Crippen molar-refractivity contribution in [1.29, 1.82) is 0 Å². The molecule has 1 aromatic heterocycles. The maximum Gasteiger partial charge on any atom is 0.308 e. The number of ether oxygens (including phenoxy) is 2. The average molecular weight is 434 g/mol. The third-order valence-electron chi connectivity index (χ3n) is 5.95. The zero-order chi connectivity index (χ0) is 22.8. The summed E-state index contributed by atoms with van der Waals surface area (Å²) in [5.74, 6) is 0.171. The lowest BCUT2D eigenvalue weighted by Crippen LogP contribution is -2.19. The first-order chi connectivity index (χ1) is 15.4. The molecule has 6 heteroatoms. The van der Waals surface area contributed by atoms with Gasteiger partial charge in [0, 0.05) is 41.9 Å². The van der Waals surface area contributed by atoms with E-state index < -0.39 is 5.97 Å². The molecule has 0 saturated carbocycles. The molecule has 0 amide bonds. The Morgan fingerprint density at radius 1 is 1.03 bits per heavy atom. The van der Waals surface area contributed by atoms with Crippen molar-refractivity contribution in [1.82, 2.24) is 4.57 Å². The Kier molecular flexibility index (Phi) is 6.12. The van der Waals surface area contributed by atoms with Crippen molar-refractivity contribution in [2.24, 2.45) is 0 Å². The third-order valence-corrected chi connectivity index (χ3v) is 5.95. The number of aldehydes is 1. The normalized spacial score (nSPS) is 14.5. The van der Waals surface area contributed by atoms with Crippen LogP contribution in [-0.2, 0) is 16.0 Å². The fraction of sp³-hybridized carbons (Fsp3) is 0.346. The summed E-state index contributed by atoms with van der Waals surface area (Å²) in [6.45, 7) is 4.92. The summed E-state index contributed by atoms with van der Waals surface area (Å²) < 4.78 is 12.8. The highest BCUT2D eigenvalue weighted by Gasteiger charge is 2.30. The van der Waals surface area contributed by atoms with Gasteiger partial charge in [-0.25, -0.2) is 0 Å². The molecule has 1 atom stereocenters. The monoisotopic (exact) mass is 433 g/mol. The zero-order valence-corrected chi connectivity index (χ0v) is 18.6. The van der Waals surface area contributed by atoms with Crippen LogP contribution in [0.5, 0.6) is 11.5 Å². The van der Waals surface area contributed by atoms with E-state index in [0.29, 0.717) is 17.1 Å². The van der Waals surface area contributed by atoms with Gasteiger partial charge >= 0.3 is 11.9 Å². The van der Waals surface area contributed by atoms with E-state index in [1.165, 1.54) is 13.8 Å². The maximum absolute atomic E-state index is 12.3. The highest BCUT2D eigenvalue weighted by Crippen LogP contribution is 2.45. The summed E-state index contributed by atoms with van der Waals surface area (Å²) in [6, 6.07) is 11.2. The van der Waals surface area contributed by atoms with Crippen molar-refractivity contribution in [2.45, 2.75) is 58.9 Å². The second kappa shape index (κ2) is 8.99. The first-order valence-corrected chi connectivity index (χ1v) is 11.1. The van der Waals surface area contributed by atoms with Gasteiger partial charge in [0.25, 0.3) is 0 Å². The van der Waals surface area contributed by atoms with Crippen molar-refractivity contribution < 1.29 is 23.9 Å². The molecule has 1 unspecified atom stereocenters. The first-order valence-electron chi connectivity index (χ1n) is 11.1. The lowest BCUT2D eigenvalue weighted by Gasteiger charge is -2.30. The van der Waals surface area contributed by atoms with Gasteiger partial charge in [0.05, 0.1) is 5.69 Å². The third kappa shape index (κ3) is 4.05. The molecule has 166 valence electrons. The lowest BCUT2D eigenvalue weighted by molar-refractivity contribution is -0.132. The van der Waals surface area contributed by atoms with Crippen LogP contribution in [0.4, 0.5) is 0 Å². The lowest BCUT2D eigenvalue weighted by atomic mass is 9.90. The van der Waals surface area contributed by atoms with Crippen molar-refractivity contribution in [3.63, 3.8) is 0 Å². The summed E-state index contributed by atoms with van der Waals surface area (Å²) in [6.07, 6.45) is 6.00. The minimum absolute atomic E-state index is 0.174. The standard InChI is InChI=1S/C26H27NO5/c1-4-5-6-7-19-12-18-13-20(31-16(2)29)8-10-22(18)26-24(15-28)23-14-21(32-17(3)30)9-11-25(23)27(19)26/h8-11,13-15,19H,4-7,12H2,1-3H3. The Morgan fingerprint density at radius 2 is 1.72 bits per heavy atom. The van der Waals surface area contributed by atoms with Gasteiger partial charge in [-0.15, -0.1) is 0 Å². The predicted octanol–water partition coefficient (Wildman–Crippen LogP) is 5.65. The molecule has 0 bridgehead atoms. The van der Waals surface area contributed by atoms with Crippen LogP contribution in [0.2, 0.25) is 0 Å². The molecule has 6 nitrogen and oxygen atoms in total. The second-order valence-electron chi connectivity index (χ2n) is 8.29. The number of esters is 2. The molecule has 2 aromatic carbocycles. The van der Waals surface area contributed by atoms with Crippen LogP contribution >= 0.6 is 0 Å². The summed E-state index contributed by atoms with van der Waals surface area (Å²) in [7, 11) is 0. The fourth-order valence-corrected chi connectivity index (χ4v) is 4.73. The van der Waals surface area contributed by atoms with Crippen LogP contribution in [0.25, 0.3) is 22.2 Å². The summed E-state index contributed by atoms with van der Waals surface area (Å²) >= 11 is 0. The number of hydrogen-bond acceptors (Lipinski definition) is 5. The number of fused-ring (bicyclic) bond motifs is 5. The van der Waals surface area contributed by atoms with E-state index in [4.69, 9.17) is 9.47 Å². The number of unbranched alkanes of at least 4 members (excludes halogenated alkanes) is 2. The molecule has 1 aliphatic heterocycles. The molecule has 0 fully saturated rings. The molecular formula is C26H27NO5. The van der Waals surface area contributed by atoms with Crippen LogP contribution in [0.3, 0.4) is 0 Å². The Labute approximate surface area is 187 Å². The van der Waals surface area contributed by atoms with E-state index in [9.17, 15) is 14.4 Å². The van der Waals surface area contributed by atoms with Crippen LogP contribution in [0.15, 0.2) is 36.4 Å². The molecule has 4 rings (SSSR count). The van der Waals surface area contributed by atoms with Gasteiger partial charge in [-0.3, -0.25) is 14.4 Å². The number of carbonyl (C=O) groups excluding carboxylic acids is 3. The highest BCUT2D eigenvalue weighted by atomic mass is 16.5. The van der Waals surface area contributed by atoms with Crippen LogP contribution in [-0.4, -0.2) is 22.8 Å². The average Bonchev–Trinajstić information content (AvgIpc) is 3.06. The molecule has 32 heavy (non-hydrogen) atoms. The molecule has 0 N–H and O–H groups in total. The SMILES string of the molecule is CCCCCC1Cc2cc(OC(C)=O)ccc2-c2c(C=O)c3cc(OC(C)=O)ccc3n21. The van der Waals surface area contributed by atoms with Crippen LogP contribution in [0, 0.1) is 0 Å². The van der Waals surface area contributed by atoms with Gasteiger partial charge in [0.15, 0.2) is 6.29 Å². The number of nitrogens with zero attached hydrogens (tertiary/aromatic N) is 1. The van der Waals surface area contributed by atoms with Crippen molar-refractivity contribution in [3.8, 4) is 22.8 Å². The fourth-order valence-electron chi connectivity index (χ4n) is 4.73. The number of carbonyl (C=O) groups is 3. The second-order valence-corrected chi connectivity index (χ2v) is 8.29. The van der Waals surface area contributed by atoms with E-state index in [1.54, 1.807) is 18.2 Å². The smallest absolute Gasteiger partial charge is 0.308 e. The van der Waals surface area contributed by atoms with Gasteiger partial charge in [0.2, 0.25) is 0 Å². The summed E-state index contributed by atoms with van der Waals surface area (Å²) in [5, 5.41) is 0.770. The zero-order valence-electron chi connectivity index (χ0n) is 18.6. The molecule has 2 heterocycles. The Balaban J connectivity index is 1.91. The van der Waals surface area contributed by atoms with E-state index in [0.717, 1.165) is 66.1 Å². The van der Waals surface area contributed by atoms with Gasteiger partial charge in [-0.1, -0.05) is 26.2 Å². The number of benzene rings is 2. The van der Waals surface area contributed by atoms with E-state index in [-0.39, 0.29) is 12.0 Å². The topological polar surface area (TPSA) is 74.6 Å². The Morgan fingerprint density at radius 3 is 2.38 bits per heavy atom. The Hall–Kier alpha value is -3.41. The first kappa shape index (κ1) is 21.8. The molecule has 3 aromatic rings. The van der Waals surface area contributed by atoms with Gasteiger partial charge in [-0.05, 0) is 54.8 Å². The number of hydrogen-bond donors (Lipinski definition) is 0. The van der Waals surface area contributed by atoms with Crippen LogP contribution in [0.1, 0.15) is 68.4 Å². The largest absolute Gasteiger partial charge is 0.427 e. The minimum Gasteiger partial charge on any atom is -0.427 e. The highest BCUT2D eigenvalue weighted by molar-refractivity contribution is 6.06. The molecule has 0 aliphatic carbocycles. The molecule has 0 saturated heterocycles. The molecule has 1 aliphatic rings. The van der Waals surface area contributed by atoms with Crippen molar-refractivity contribution in [2.75, 3.05) is 0 Å². The molecular weight excluding hydrogens is 406 g/mol.